The Kier molecular flexibility index (Phi) is 13.9. The molecule has 0 saturated heterocycles. The number of primary amides is 1. The van der Waals surface area contributed by atoms with E-state index in [1.807, 2.05) is 32.0 Å². The number of halogens is 2. The van der Waals surface area contributed by atoms with E-state index in [9.17, 15) is 23.2 Å². The lowest BCUT2D eigenvalue weighted by Gasteiger charge is -2.14. The standard InChI is InChI=1S/C28H27F2N5O4.C14H17N3O/c1-16(2)26(36)35-23-13-20-22(14-25(23)38-3)32-15-33-27(20)39-24-8-7-19(12-21(24)30)34-28(37)31-10-9-17-5-4-6-18(29)11-17;1-3-4-11(14(15)18)10-5-6-13-12(7-10)9(2)16-8-17-13/h4-8,11-16H,9-10H2,1-3H3,(H,35,36)(H2,31,34,37);5-8,11H,3-4H2,1-2H3,(H2,15,18). The third-order valence-electron chi connectivity index (χ3n) is 8.87. The lowest BCUT2D eigenvalue weighted by molar-refractivity contribution is -0.120. The Bertz CT molecular complexity index is 2390. The van der Waals surface area contributed by atoms with Crippen molar-refractivity contribution in [3.8, 4) is 17.4 Å². The molecule has 0 radical (unpaired) electrons. The van der Waals surface area contributed by atoms with Crippen molar-refractivity contribution < 1.29 is 32.6 Å². The lowest BCUT2D eigenvalue weighted by atomic mass is 9.92. The monoisotopic (exact) mass is 778 g/mol. The molecule has 57 heavy (non-hydrogen) atoms. The number of ether oxygens (including phenoxy) is 2. The van der Waals surface area contributed by atoms with Gasteiger partial charge in [0.05, 0.1) is 35.1 Å². The maximum absolute atomic E-state index is 14.9. The van der Waals surface area contributed by atoms with Crippen molar-refractivity contribution >= 4 is 51.0 Å². The first-order valence-electron chi connectivity index (χ1n) is 18.3. The summed E-state index contributed by atoms with van der Waals surface area (Å²) >= 11 is 0. The van der Waals surface area contributed by atoms with Crippen LogP contribution in [-0.4, -0.2) is 51.4 Å². The Morgan fingerprint density at radius 3 is 2.32 bits per heavy atom. The number of benzene rings is 4. The highest BCUT2D eigenvalue weighted by Gasteiger charge is 2.19. The van der Waals surface area contributed by atoms with Crippen molar-refractivity contribution in [2.75, 3.05) is 24.3 Å². The predicted molar refractivity (Wildman–Crippen MR) is 214 cm³/mol. The first kappa shape index (κ1) is 41.4. The molecular weight excluding hydrogens is 735 g/mol. The van der Waals surface area contributed by atoms with Gasteiger partial charge in [0.2, 0.25) is 17.7 Å². The molecular formula is C42H44F2N8O5. The Morgan fingerprint density at radius 1 is 0.842 bits per heavy atom. The predicted octanol–water partition coefficient (Wildman–Crippen LogP) is 7.97. The minimum Gasteiger partial charge on any atom is -0.494 e. The van der Waals surface area contributed by atoms with E-state index in [-0.39, 0.29) is 53.3 Å². The molecule has 0 aliphatic rings. The van der Waals surface area contributed by atoms with Gasteiger partial charge in [-0.1, -0.05) is 45.4 Å². The summed E-state index contributed by atoms with van der Waals surface area (Å²) in [4.78, 5) is 52.7. The van der Waals surface area contributed by atoms with Gasteiger partial charge in [-0.15, -0.1) is 0 Å². The van der Waals surface area contributed by atoms with Crippen LogP contribution < -0.4 is 31.2 Å². The lowest BCUT2D eigenvalue weighted by Crippen LogP contribution is -2.30. The van der Waals surface area contributed by atoms with Crippen LogP contribution in [0.25, 0.3) is 21.8 Å². The largest absolute Gasteiger partial charge is 0.494 e. The van der Waals surface area contributed by atoms with E-state index in [1.165, 1.54) is 37.7 Å². The molecule has 4 amide bonds. The van der Waals surface area contributed by atoms with Gasteiger partial charge in [0.1, 0.15) is 24.2 Å². The van der Waals surface area contributed by atoms with Gasteiger partial charge in [0.15, 0.2) is 11.6 Å². The third kappa shape index (κ3) is 10.9. The highest BCUT2D eigenvalue weighted by Crippen LogP contribution is 2.36. The molecule has 1 unspecified atom stereocenters. The molecule has 0 saturated carbocycles. The zero-order chi connectivity index (χ0) is 41.1. The van der Waals surface area contributed by atoms with E-state index in [0.717, 1.165) is 46.6 Å². The molecule has 0 spiro atoms. The Hall–Kier alpha value is -6.77. The molecule has 296 valence electrons. The van der Waals surface area contributed by atoms with Crippen LogP contribution in [0.2, 0.25) is 0 Å². The summed E-state index contributed by atoms with van der Waals surface area (Å²) in [6, 6.07) is 18.6. The molecule has 0 aliphatic heterocycles. The number of fused-ring (bicyclic) bond motifs is 2. The van der Waals surface area contributed by atoms with Gasteiger partial charge >= 0.3 is 6.03 Å². The van der Waals surface area contributed by atoms with Crippen molar-refractivity contribution in [3.05, 3.63) is 114 Å². The number of nitrogens with two attached hydrogens (primary N) is 1. The molecule has 2 heterocycles. The molecule has 2 aromatic heterocycles. The highest BCUT2D eigenvalue weighted by molar-refractivity contribution is 5.98. The Labute approximate surface area is 328 Å². The molecule has 5 N–H and O–H groups in total. The third-order valence-corrected chi connectivity index (χ3v) is 8.87. The first-order chi connectivity index (χ1) is 27.4. The zero-order valence-corrected chi connectivity index (χ0v) is 32.2. The number of methoxy groups -OCH3 is 1. The van der Waals surface area contributed by atoms with Crippen LogP contribution in [0.15, 0.2) is 85.5 Å². The first-order valence-corrected chi connectivity index (χ1v) is 18.3. The summed E-state index contributed by atoms with van der Waals surface area (Å²) in [6.07, 6.45) is 4.96. The van der Waals surface area contributed by atoms with E-state index in [2.05, 4.69) is 35.9 Å². The van der Waals surface area contributed by atoms with E-state index >= 15 is 0 Å². The second-order valence-electron chi connectivity index (χ2n) is 13.4. The van der Waals surface area contributed by atoms with Crippen LogP contribution in [0, 0.1) is 24.5 Å². The van der Waals surface area contributed by atoms with Crippen LogP contribution in [0.4, 0.5) is 25.0 Å². The molecule has 0 bridgehead atoms. The summed E-state index contributed by atoms with van der Waals surface area (Å²) in [7, 11) is 1.47. The molecule has 15 heteroatoms. The number of amides is 4. The number of rotatable bonds is 13. The average molecular weight is 779 g/mol. The smallest absolute Gasteiger partial charge is 0.319 e. The van der Waals surface area contributed by atoms with Gasteiger partial charge in [-0.3, -0.25) is 9.59 Å². The van der Waals surface area contributed by atoms with Crippen LogP contribution in [0.1, 0.15) is 56.4 Å². The number of aryl methyl sites for hydroxylation is 1. The average Bonchev–Trinajstić information content (AvgIpc) is 3.18. The maximum atomic E-state index is 14.9. The van der Waals surface area contributed by atoms with E-state index in [0.29, 0.717) is 28.8 Å². The number of aromatic nitrogens is 4. The number of carbonyl (C=O) groups is 3. The Balaban J connectivity index is 0.000000287. The second-order valence-corrected chi connectivity index (χ2v) is 13.4. The summed E-state index contributed by atoms with van der Waals surface area (Å²) in [5, 5.41) is 9.40. The molecule has 0 fully saturated rings. The van der Waals surface area contributed by atoms with Gasteiger partial charge in [0, 0.05) is 41.4 Å². The van der Waals surface area contributed by atoms with Gasteiger partial charge < -0.3 is 31.2 Å². The summed E-state index contributed by atoms with van der Waals surface area (Å²) in [5.41, 5.74) is 10.0. The number of carbonyl (C=O) groups excluding carboxylic acids is 3. The highest BCUT2D eigenvalue weighted by atomic mass is 19.1. The van der Waals surface area contributed by atoms with Crippen LogP contribution >= 0.6 is 0 Å². The van der Waals surface area contributed by atoms with E-state index in [4.69, 9.17) is 15.2 Å². The van der Waals surface area contributed by atoms with E-state index < -0.39 is 11.8 Å². The SMILES string of the molecule is CCCC(C(N)=O)c1ccc2ncnc(C)c2c1.COc1cc2ncnc(Oc3ccc(NC(=O)NCCc4cccc(F)c4)cc3F)c2cc1NC(=O)C(C)C. The number of hydrogen-bond acceptors (Lipinski definition) is 9. The van der Waals surface area contributed by atoms with Crippen molar-refractivity contribution in [2.45, 2.75) is 52.9 Å². The number of nitrogens with one attached hydrogen (secondary N) is 3. The number of nitrogens with zero attached hydrogens (tertiary/aromatic N) is 4. The van der Waals surface area contributed by atoms with E-state index in [1.54, 1.807) is 44.4 Å². The summed E-state index contributed by atoms with van der Waals surface area (Å²) in [6.45, 7) is 7.78. The fourth-order valence-electron chi connectivity index (χ4n) is 5.82. The number of anilines is 2. The topological polar surface area (TPSA) is 183 Å². The Morgan fingerprint density at radius 2 is 1.61 bits per heavy atom. The fourth-order valence-corrected chi connectivity index (χ4v) is 5.82. The summed E-state index contributed by atoms with van der Waals surface area (Å²) < 4.78 is 39.3. The number of hydrogen-bond donors (Lipinski definition) is 4. The molecule has 6 rings (SSSR count). The zero-order valence-electron chi connectivity index (χ0n) is 32.2. The number of urea groups is 1. The van der Waals surface area contributed by atoms with Gasteiger partial charge in [0.25, 0.3) is 0 Å². The molecule has 0 aliphatic carbocycles. The minimum absolute atomic E-state index is 0.0670. The molecule has 6 aromatic rings. The quantitative estimate of drug-likeness (QED) is 0.0903. The normalized spacial score (nSPS) is 11.4. The maximum Gasteiger partial charge on any atom is 0.319 e. The fraction of sp³-hybridized carbons (Fsp3) is 0.262. The van der Waals surface area contributed by atoms with Crippen molar-refractivity contribution in [1.82, 2.24) is 25.3 Å². The van der Waals surface area contributed by atoms with Crippen molar-refractivity contribution in [3.63, 3.8) is 0 Å². The van der Waals surface area contributed by atoms with Gasteiger partial charge in [-0.25, -0.2) is 33.5 Å². The van der Waals surface area contributed by atoms with Crippen molar-refractivity contribution in [2.24, 2.45) is 11.7 Å². The van der Waals surface area contributed by atoms with Gasteiger partial charge in [-0.2, -0.15) is 0 Å². The van der Waals surface area contributed by atoms with Crippen LogP contribution in [0.3, 0.4) is 0 Å². The molecule has 4 aromatic carbocycles. The second kappa shape index (κ2) is 19.2. The molecule has 1 atom stereocenters. The van der Waals surface area contributed by atoms with Crippen LogP contribution in [0.5, 0.6) is 17.4 Å². The minimum atomic E-state index is -0.735. The molecule has 13 nitrogen and oxygen atoms in total. The van der Waals surface area contributed by atoms with Crippen LogP contribution in [-0.2, 0) is 16.0 Å². The summed E-state index contributed by atoms with van der Waals surface area (Å²) in [5.74, 6) is -1.71. The van der Waals surface area contributed by atoms with Crippen molar-refractivity contribution in [1.29, 1.82) is 0 Å². The van der Waals surface area contributed by atoms with Gasteiger partial charge in [-0.05, 0) is 73.4 Å².